The average molecular weight is 556 g/mol. The number of anilines is 1. The van der Waals surface area contributed by atoms with E-state index in [1.807, 2.05) is 19.9 Å². The normalized spacial score (nSPS) is 24.9. The number of aromatic nitrogens is 2. The Bertz CT molecular complexity index is 1510. The van der Waals surface area contributed by atoms with Crippen LogP contribution < -0.4 is 9.64 Å². The molecule has 3 aliphatic heterocycles. The van der Waals surface area contributed by atoms with E-state index in [4.69, 9.17) is 14.3 Å². The molecule has 5 heterocycles. The number of allylic oxidation sites excluding steroid dienone is 2. The fraction of sp³-hybridized carbons (Fsp3) is 0.481. The van der Waals surface area contributed by atoms with E-state index >= 15 is 0 Å². The molecule has 206 valence electrons. The van der Waals surface area contributed by atoms with Crippen LogP contribution in [0.5, 0.6) is 5.88 Å². The second-order valence-corrected chi connectivity index (χ2v) is 12.7. The van der Waals surface area contributed by atoms with Crippen molar-refractivity contribution in [2.45, 2.75) is 64.1 Å². The maximum atomic E-state index is 14.6. The van der Waals surface area contributed by atoms with E-state index < -0.39 is 21.7 Å². The maximum Gasteiger partial charge on any atom is 0.250 e. The molecule has 1 unspecified atom stereocenters. The Hall–Kier alpha value is -3.54. The van der Waals surface area contributed by atoms with Crippen molar-refractivity contribution in [2.24, 2.45) is 4.99 Å². The number of aryl methyl sites for hydroxylation is 2. The predicted molar refractivity (Wildman–Crippen MR) is 143 cm³/mol. The van der Waals surface area contributed by atoms with Crippen LogP contribution in [0, 0.1) is 19.7 Å². The number of methoxy groups -OCH3 is 1. The molecule has 0 bridgehead atoms. The standard InChI is InChI=1S/C27H30FN5O5S/c1-15-25(16(2)38-31-15)17-4-5-22-21(12-17)30-26(33(22)18-8-10-39(35,36)11-9-18)23-6-7-24(34)32(23)19-13-20(28)27(37-3)29-14-19/h4,12-14,18,22-23H,5-11H2,1-3H3/t22?,23-/m0/s1. The zero-order valence-corrected chi connectivity index (χ0v) is 22.9. The van der Waals surface area contributed by atoms with Crippen molar-refractivity contribution in [2.75, 3.05) is 23.5 Å². The van der Waals surface area contributed by atoms with E-state index in [9.17, 15) is 17.6 Å². The Kier molecular flexibility index (Phi) is 6.32. The van der Waals surface area contributed by atoms with Crippen LogP contribution in [0.15, 0.2) is 39.6 Å². The minimum atomic E-state index is -3.07. The predicted octanol–water partition coefficient (Wildman–Crippen LogP) is 3.36. The van der Waals surface area contributed by atoms with E-state index in [0.717, 1.165) is 28.3 Å². The Morgan fingerprint density at radius 3 is 2.59 bits per heavy atom. The van der Waals surface area contributed by atoms with Gasteiger partial charge in [-0.15, -0.1) is 0 Å². The summed E-state index contributed by atoms with van der Waals surface area (Å²) in [7, 11) is -1.73. The highest BCUT2D eigenvalue weighted by Gasteiger charge is 2.47. The van der Waals surface area contributed by atoms with Gasteiger partial charge < -0.3 is 19.1 Å². The van der Waals surface area contributed by atoms with E-state index in [2.05, 4.69) is 21.1 Å². The monoisotopic (exact) mass is 555 g/mol. The molecule has 2 aromatic heterocycles. The number of pyridine rings is 1. The summed E-state index contributed by atoms with van der Waals surface area (Å²) in [5.41, 5.74) is 3.92. The van der Waals surface area contributed by atoms with Crippen molar-refractivity contribution in [3.63, 3.8) is 0 Å². The quantitative estimate of drug-likeness (QED) is 0.551. The van der Waals surface area contributed by atoms with Crippen LogP contribution in [0.4, 0.5) is 10.1 Å². The van der Waals surface area contributed by atoms with Gasteiger partial charge in [-0.05, 0) is 51.2 Å². The highest BCUT2D eigenvalue weighted by atomic mass is 32.2. The van der Waals surface area contributed by atoms with Gasteiger partial charge in [0.2, 0.25) is 11.8 Å². The molecule has 2 atom stereocenters. The third-order valence-corrected chi connectivity index (χ3v) is 9.78. The summed E-state index contributed by atoms with van der Waals surface area (Å²) in [6, 6.07) is 0.705. The number of halogens is 1. The number of hydrogen-bond acceptors (Lipinski definition) is 9. The Morgan fingerprint density at radius 2 is 1.92 bits per heavy atom. The molecule has 10 nitrogen and oxygen atoms in total. The van der Waals surface area contributed by atoms with Gasteiger partial charge in [0.1, 0.15) is 21.4 Å². The minimum absolute atomic E-state index is 0.0412. The van der Waals surface area contributed by atoms with Crippen molar-refractivity contribution >= 4 is 32.8 Å². The Balaban J connectivity index is 1.40. The van der Waals surface area contributed by atoms with Crippen molar-refractivity contribution in [1.82, 2.24) is 15.0 Å². The van der Waals surface area contributed by atoms with Crippen LogP contribution in [0.25, 0.3) is 5.57 Å². The molecule has 4 aliphatic rings. The van der Waals surface area contributed by atoms with E-state index in [1.54, 1.807) is 4.90 Å². The highest BCUT2D eigenvalue weighted by Crippen LogP contribution is 2.41. The molecule has 39 heavy (non-hydrogen) atoms. The van der Waals surface area contributed by atoms with Crippen LogP contribution in [-0.2, 0) is 14.6 Å². The number of aliphatic imine (C=N–C) groups is 1. The lowest BCUT2D eigenvalue weighted by atomic mass is 9.92. The second kappa shape index (κ2) is 9.58. The SMILES string of the molecule is COc1ncc(N2C(=O)CC[C@H]2C2=NC3=CC(c4c(C)noc4C)=CCC3N2C2CCS(=O)(=O)CC2)cc1F. The molecule has 0 spiro atoms. The number of carbonyl (C=O) groups excluding carboxylic acids is 1. The number of amides is 1. The van der Waals surface area contributed by atoms with Crippen LogP contribution >= 0.6 is 0 Å². The molecule has 1 aliphatic carbocycles. The van der Waals surface area contributed by atoms with Gasteiger partial charge in [0.15, 0.2) is 5.82 Å². The molecular weight excluding hydrogens is 525 g/mol. The fourth-order valence-corrected chi connectivity index (χ4v) is 7.72. The number of nitrogens with zero attached hydrogens (tertiary/aromatic N) is 5. The largest absolute Gasteiger partial charge is 0.479 e. The first-order valence-electron chi connectivity index (χ1n) is 13.1. The molecule has 2 aromatic rings. The lowest BCUT2D eigenvalue weighted by Gasteiger charge is -2.41. The smallest absolute Gasteiger partial charge is 0.250 e. The molecule has 2 fully saturated rings. The summed E-state index contributed by atoms with van der Waals surface area (Å²) in [6.07, 6.45) is 8.07. The summed E-state index contributed by atoms with van der Waals surface area (Å²) in [4.78, 5) is 26.1. The summed E-state index contributed by atoms with van der Waals surface area (Å²) < 4.78 is 49.4. The third kappa shape index (κ3) is 4.44. The molecule has 0 N–H and O–H groups in total. The van der Waals surface area contributed by atoms with Crippen LogP contribution in [0.3, 0.4) is 0 Å². The van der Waals surface area contributed by atoms with Gasteiger partial charge in [-0.25, -0.2) is 22.8 Å². The minimum Gasteiger partial charge on any atom is -0.479 e. The molecule has 2 saturated heterocycles. The number of sulfone groups is 1. The number of amidine groups is 1. The van der Waals surface area contributed by atoms with Crippen molar-refractivity contribution in [3.8, 4) is 5.88 Å². The molecule has 0 saturated carbocycles. The first-order chi connectivity index (χ1) is 18.7. The molecule has 1 amide bonds. The summed E-state index contributed by atoms with van der Waals surface area (Å²) in [6.45, 7) is 3.78. The summed E-state index contributed by atoms with van der Waals surface area (Å²) >= 11 is 0. The van der Waals surface area contributed by atoms with Gasteiger partial charge in [-0.2, -0.15) is 0 Å². The van der Waals surface area contributed by atoms with Gasteiger partial charge in [-0.3, -0.25) is 4.79 Å². The van der Waals surface area contributed by atoms with Gasteiger partial charge in [0.25, 0.3) is 0 Å². The van der Waals surface area contributed by atoms with Crippen molar-refractivity contribution < 1.29 is 26.9 Å². The Labute approximate surface area is 226 Å². The lowest BCUT2D eigenvalue weighted by Crippen LogP contribution is -2.53. The topological polar surface area (TPSA) is 118 Å². The van der Waals surface area contributed by atoms with E-state index in [0.29, 0.717) is 37.2 Å². The second-order valence-electron chi connectivity index (χ2n) is 10.4. The molecular formula is C27H30FN5O5S. The van der Waals surface area contributed by atoms with Gasteiger partial charge in [0, 0.05) is 24.1 Å². The number of hydrogen-bond donors (Lipinski definition) is 0. The summed E-state index contributed by atoms with van der Waals surface area (Å²) in [5.74, 6) is 0.750. The third-order valence-electron chi connectivity index (χ3n) is 8.06. The first kappa shape index (κ1) is 25.7. The molecule has 12 heteroatoms. The average Bonchev–Trinajstić information content (AvgIpc) is 3.57. The van der Waals surface area contributed by atoms with E-state index in [-0.39, 0.29) is 41.8 Å². The van der Waals surface area contributed by atoms with E-state index in [1.165, 1.54) is 19.4 Å². The van der Waals surface area contributed by atoms with Gasteiger partial charge in [-0.1, -0.05) is 11.2 Å². The zero-order chi connectivity index (χ0) is 27.5. The number of rotatable bonds is 5. The number of ether oxygens (including phenoxy) is 1. The van der Waals surface area contributed by atoms with Crippen LogP contribution in [-0.4, -0.2) is 71.9 Å². The van der Waals surface area contributed by atoms with Gasteiger partial charge in [0.05, 0.1) is 54.0 Å². The first-order valence-corrected chi connectivity index (χ1v) is 14.9. The number of fused-ring (bicyclic) bond motifs is 1. The summed E-state index contributed by atoms with van der Waals surface area (Å²) in [5, 5.41) is 4.09. The lowest BCUT2D eigenvalue weighted by molar-refractivity contribution is -0.117. The van der Waals surface area contributed by atoms with Gasteiger partial charge >= 0.3 is 0 Å². The molecule has 0 aromatic carbocycles. The van der Waals surface area contributed by atoms with Crippen LogP contribution in [0.2, 0.25) is 0 Å². The molecule has 6 rings (SSSR count). The van der Waals surface area contributed by atoms with Crippen LogP contribution in [0.1, 0.15) is 49.1 Å². The van der Waals surface area contributed by atoms with Crippen molar-refractivity contribution in [3.05, 3.63) is 52.9 Å². The number of carbonyl (C=O) groups is 1. The maximum absolute atomic E-state index is 14.6. The zero-order valence-electron chi connectivity index (χ0n) is 22.1. The fourth-order valence-electron chi connectivity index (χ4n) is 6.25. The Morgan fingerprint density at radius 1 is 1.15 bits per heavy atom. The highest BCUT2D eigenvalue weighted by molar-refractivity contribution is 7.91. The molecule has 0 radical (unpaired) electrons. The van der Waals surface area contributed by atoms with Crippen molar-refractivity contribution in [1.29, 1.82) is 0 Å².